The topological polar surface area (TPSA) is 134 Å². The van der Waals surface area contributed by atoms with Gasteiger partial charge in [0.1, 0.15) is 17.1 Å². The van der Waals surface area contributed by atoms with E-state index in [-0.39, 0.29) is 17.4 Å². The molecule has 0 spiro atoms. The molecule has 2 heterocycles. The number of rotatable bonds is 2. The third-order valence-corrected chi connectivity index (χ3v) is 3.23. The summed E-state index contributed by atoms with van der Waals surface area (Å²) in [5.41, 5.74) is 8.74. The predicted octanol–water partition coefficient (Wildman–Crippen LogP) is 2.38. The highest BCUT2D eigenvalue weighted by Gasteiger charge is 2.13. The minimum absolute atomic E-state index is 0.0822. The van der Waals surface area contributed by atoms with E-state index < -0.39 is 6.09 Å². The van der Waals surface area contributed by atoms with Gasteiger partial charge in [0, 0.05) is 11.6 Å². The second-order valence-electron chi connectivity index (χ2n) is 4.90. The van der Waals surface area contributed by atoms with Gasteiger partial charge in [-0.25, -0.2) is 19.7 Å². The van der Waals surface area contributed by atoms with Crippen LogP contribution in [-0.4, -0.2) is 31.3 Å². The number of aryl methyl sites for hydroxylation is 1. The van der Waals surface area contributed by atoms with Crippen molar-refractivity contribution in [1.82, 2.24) is 15.0 Å². The van der Waals surface area contributed by atoms with Crippen LogP contribution in [0.2, 0.25) is 0 Å². The van der Waals surface area contributed by atoms with E-state index in [1.165, 1.54) is 6.07 Å². The summed E-state index contributed by atoms with van der Waals surface area (Å²) in [7, 11) is 0. The van der Waals surface area contributed by atoms with Gasteiger partial charge in [-0.3, -0.25) is 5.32 Å². The van der Waals surface area contributed by atoms with Crippen molar-refractivity contribution in [2.24, 2.45) is 0 Å². The van der Waals surface area contributed by atoms with Crippen LogP contribution < -0.4 is 11.1 Å². The maximum Gasteiger partial charge on any atom is 0.410 e. The van der Waals surface area contributed by atoms with E-state index in [1.807, 2.05) is 0 Å². The van der Waals surface area contributed by atoms with Gasteiger partial charge in [0.25, 0.3) is 0 Å². The number of anilines is 2. The molecule has 1 aromatic carbocycles. The van der Waals surface area contributed by atoms with Crippen molar-refractivity contribution in [2.75, 3.05) is 11.1 Å². The van der Waals surface area contributed by atoms with Crippen LogP contribution in [0.4, 0.5) is 16.4 Å². The summed E-state index contributed by atoms with van der Waals surface area (Å²) in [4.78, 5) is 23.6. The van der Waals surface area contributed by atoms with Crippen LogP contribution in [0.25, 0.3) is 22.3 Å². The summed E-state index contributed by atoms with van der Waals surface area (Å²) in [6.07, 6.45) is -1.23. The van der Waals surface area contributed by atoms with E-state index in [9.17, 15) is 9.90 Å². The molecule has 8 nitrogen and oxygen atoms in total. The Morgan fingerprint density at radius 1 is 1.17 bits per heavy atom. The van der Waals surface area contributed by atoms with E-state index >= 15 is 0 Å². The normalized spacial score (nSPS) is 10.7. The monoisotopic (exact) mass is 311 g/mol. The third kappa shape index (κ3) is 2.82. The van der Waals surface area contributed by atoms with Crippen molar-refractivity contribution in [3.05, 3.63) is 36.0 Å². The predicted molar refractivity (Wildman–Crippen MR) is 85.2 cm³/mol. The number of nitrogens with one attached hydrogen (secondary N) is 1. The first-order chi connectivity index (χ1) is 10.9. The average Bonchev–Trinajstić information content (AvgIpc) is 2.47. The molecular weight excluding hydrogens is 298 g/mol. The van der Waals surface area contributed by atoms with Gasteiger partial charge >= 0.3 is 6.09 Å². The van der Waals surface area contributed by atoms with Crippen molar-refractivity contribution in [1.29, 1.82) is 0 Å². The summed E-state index contributed by atoms with van der Waals surface area (Å²) in [6.45, 7) is 1.79. The lowest BCUT2D eigenvalue weighted by atomic mass is 10.1. The van der Waals surface area contributed by atoms with Gasteiger partial charge < -0.3 is 15.9 Å². The number of carboxylic acid groups (broad SMARTS) is 1. The summed E-state index contributed by atoms with van der Waals surface area (Å²) in [5, 5.41) is 20.3. The van der Waals surface area contributed by atoms with Crippen molar-refractivity contribution in [2.45, 2.75) is 6.92 Å². The molecule has 23 heavy (non-hydrogen) atoms. The molecule has 0 aliphatic carbocycles. The van der Waals surface area contributed by atoms with Crippen molar-refractivity contribution in [3.63, 3.8) is 0 Å². The molecule has 3 aromatic rings. The summed E-state index contributed by atoms with van der Waals surface area (Å²) in [6, 6.07) is 8.04. The number of aromatic hydroxyl groups is 1. The number of hydrogen-bond donors (Lipinski definition) is 4. The molecule has 8 heteroatoms. The molecule has 5 N–H and O–H groups in total. The zero-order chi connectivity index (χ0) is 16.6. The molecule has 0 aliphatic rings. The van der Waals surface area contributed by atoms with Crippen LogP contribution in [-0.2, 0) is 0 Å². The van der Waals surface area contributed by atoms with Crippen molar-refractivity contribution >= 4 is 28.8 Å². The van der Waals surface area contributed by atoms with Crippen molar-refractivity contribution in [3.8, 4) is 17.0 Å². The maximum atomic E-state index is 10.7. The highest BCUT2D eigenvalue weighted by Crippen LogP contribution is 2.27. The highest BCUT2D eigenvalue weighted by molar-refractivity contribution is 5.91. The molecule has 0 aliphatic heterocycles. The summed E-state index contributed by atoms with van der Waals surface area (Å²) >= 11 is 0. The fourth-order valence-electron chi connectivity index (χ4n) is 2.24. The second kappa shape index (κ2) is 5.41. The first-order valence-electron chi connectivity index (χ1n) is 6.68. The van der Waals surface area contributed by atoms with Crippen LogP contribution in [0, 0.1) is 6.92 Å². The van der Waals surface area contributed by atoms with Gasteiger partial charge in [-0.1, -0.05) is 0 Å². The average molecular weight is 311 g/mol. The van der Waals surface area contributed by atoms with Crippen LogP contribution >= 0.6 is 0 Å². The molecule has 0 bridgehead atoms. The molecule has 0 fully saturated rings. The van der Waals surface area contributed by atoms with Gasteiger partial charge in [0.15, 0.2) is 5.82 Å². The number of phenols is 1. The molecule has 2 aromatic heterocycles. The maximum absolute atomic E-state index is 10.7. The van der Waals surface area contributed by atoms with Gasteiger partial charge in [-0.15, -0.1) is 0 Å². The number of nitrogens with two attached hydrogens (primary N) is 1. The number of fused-ring (bicyclic) bond motifs is 1. The Bertz CT molecular complexity index is 909. The van der Waals surface area contributed by atoms with Gasteiger partial charge in [-0.05, 0) is 31.2 Å². The number of aromatic nitrogens is 3. The number of nitrogen functional groups attached to an aromatic ring is 1. The Kier molecular flexibility index (Phi) is 3.41. The fraction of sp³-hybridized carbons (Fsp3) is 0.0667. The quantitative estimate of drug-likeness (QED) is 0.570. The van der Waals surface area contributed by atoms with E-state index in [4.69, 9.17) is 10.8 Å². The SMILES string of the molecule is Cc1nc2cc(NC(=O)O)nc(N)c2nc1-c1ccc(O)cc1. The Labute approximate surface area is 130 Å². The molecular formula is C15H13N5O3. The van der Waals surface area contributed by atoms with Gasteiger partial charge in [0.05, 0.1) is 16.9 Å². The molecule has 116 valence electrons. The Hall–Kier alpha value is -3.42. The van der Waals surface area contributed by atoms with E-state index in [1.54, 1.807) is 31.2 Å². The number of nitrogens with zero attached hydrogens (tertiary/aromatic N) is 3. The van der Waals surface area contributed by atoms with Crippen LogP contribution in [0.5, 0.6) is 5.75 Å². The lowest BCUT2D eigenvalue weighted by molar-refractivity contribution is 0.209. The zero-order valence-electron chi connectivity index (χ0n) is 12.1. The van der Waals surface area contributed by atoms with E-state index in [0.717, 1.165) is 5.56 Å². The molecule has 0 saturated heterocycles. The van der Waals surface area contributed by atoms with Gasteiger partial charge in [-0.2, -0.15) is 0 Å². The number of pyridine rings is 1. The summed E-state index contributed by atoms with van der Waals surface area (Å²) in [5.74, 6) is 0.332. The second-order valence-corrected chi connectivity index (χ2v) is 4.90. The first kappa shape index (κ1) is 14.5. The molecule has 3 rings (SSSR count). The Morgan fingerprint density at radius 2 is 1.87 bits per heavy atom. The highest BCUT2D eigenvalue weighted by atomic mass is 16.4. The minimum Gasteiger partial charge on any atom is -0.508 e. The summed E-state index contributed by atoms with van der Waals surface area (Å²) < 4.78 is 0. The largest absolute Gasteiger partial charge is 0.508 e. The first-order valence-corrected chi connectivity index (χ1v) is 6.68. The number of phenolic OH excluding ortho intramolecular Hbond substituents is 1. The minimum atomic E-state index is -1.23. The number of carbonyl (C=O) groups is 1. The Balaban J connectivity index is 2.16. The van der Waals surface area contributed by atoms with E-state index in [2.05, 4.69) is 20.3 Å². The standard InChI is InChI=1S/C15H13N5O3/c1-7-12(8-2-4-9(21)5-3-8)20-13-10(17-7)6-11(18-14(13)16)19-15(22)23/h2-6,21H,1H3,(H,22,23)(H3,16,18,19). The van der Waals surface area contributed by atoms with E-state index in [0.29, 0.717) is 22.4 Å². The lowest BCUT2D eigenvalue weighted by Crippen LogP contribution is -2.10. The number of amides is 1. The molecule has 0 saturated carbocycles. The third-order valence-electron chi connectivity index (χ3n) is 3.23. The van der Waals surface area contributed by atoms with Crippen molar-refractivity contribution < 1.29 is 15.0 Å². The lowest BCUT2D eigenvalue weighted by Gasteiger charge is -2.09. The smallest absolute Gasteiger partial charge is 0.410 e. The van der Waals surface area contributed by atoms with Crippen LogP contribution in [0.15, 0.2) is 30.3 Å². The number of benzene rings is 1. The Morgan fingerprint density at radius 3 is 2.52 bits per heavy atom. The molecule has 0 atom stereocenters. The van der Waals surface area contributed by atoms with Crippen LogP contribution in [0.3, 0.4) is 0 Å². The molecule has 0 unspecified atom stereocenters. The van der Waals surface area contributed by atoms with Gasteiger partial charge in [0.2, 0.25) is 0 Å². The van der Waals surface area contributed by atoms with Crippen LogP contribution in [0.1, 0.15) is 5.69 Å². The number of hydrogen-bond acceptors (Lipinski definition) is 6. The molecule has 1 amide bonds. The zero-order valence-corrected chi connectivity index (χ0v) is 12.1. The fourth-order valence-corrected chi connectivity index (χ4v) is 2.24. The molecule has 0 radical (unpaired) electrons.